The Hall–Kier alpha value is -2.61. The van der Waals surface area contributed by atoms with Crippen molar-refractivity contribution in [3.63, 3.8) is 0 Å². The van der Waals surface area contributed by atoms with Crippen LogP contribution in [0.2, 0.25) is 0 Å². The van der Waals surface area contributed by atoms with E-state index in [1.807, 2.05) is 0 Å². The van der Waals surface area contributed by atoms with E-state index in [0.717, 1.165) is 10.4 Å². The summed E-state index contributed by atoms with van der Waals surface area (Å²) in [7, 11) is -2.70. The summed E-state index contributed by atoms with van der Waals surface area (Å²) in [6.07, 6.45) is 0. The number of benzene rings is 2. The summed E-state index contributed by atoms with van der Waals surface area (Å²) in [6.45, 7) is 0. The zero-order valence-electron chi connectivity index (χ0n) is 11.1. The van der Waals surface area contributed by atoms with Gasteiger partial charge in [-0.1, -0.05) is 12.1 Å². The fourth-order valence-corrected chi connectivity index (χ4v) is 3.15. The molecule has 0 heterocycles. The van der Waals surface area contributed by atoms with E-state index in [-0.39, 0.29) is 4.90 Å². The molecule has 0 fully saturated rings. The minimum Gasteiger partial charge on any atom is -0.399 e. The Labute approximate surface area is 121 Å². The molecular formula is C13H13N3O4S. The van der Waals surface area contributed by atoms with Crippen LogP contribution in [0.3, 0.4) is 0 Å². The second-order valence-electron chi connectivity index (χ2n) is 4.29. The molecule has 2 rings (SSSR count). The Morgan fingerprint density at radius 1 is 1.10 bits per heavy atom. The van der Waals surface area contributed by atoms with E-state index in [9.17, 15) is 18.5 Å². The summed E-state index contributed by atoms with van der Waals surface area (Å²) >= 11 is 0. The molecule has 2 N–H and O–H groups in total. The fourth-order valence-electron chi connectivity index (χ4n) is 1.80. The van der Waals surface area contributed by atoms with Crippen molar-refractivity contribution in [1.29, 1.82) is 0 Å². The summed E-state index contributed by atoms with van der Waals surface area (Å²) in [5, 5.41) is 11.0. The molecule has 8 heteroatoms. The fraction of sp³-hybridized carbons (Fsp3) is 0.0769. The normalized spacial score (nSPS) is 11.1. The van der Waals surface area contributed by atoms with Gasteiger partial charge in [-0.2, -0.15) is 0 Å². The number of sulfonamides is 1. The zero-order valence-corrected chi connectivity index (χ0v) is 11.9. The van der Waals surface area contributed by atoms with Crippen molar-refractivity contribution in [3.8, 4) is 0 Å². The summed E-state index contributed by atoms with van der Waals surface area (Å²) < 4.78 is 26.0. The highest BCUT2D eigenvalue weighted by Crippen LogP contribution is 2.28. The maximum atomic E-state index is 12.5. The molecule has 0 aliphatic rings. The number of rotatable bonds is 4. The lowest BCUT2D eigenvalue weighted by molar-refractivity contribution is -0.387. The molecular weight excluding hydrogens is 294 g/mol. The summed E-state index contributed by atoms with van der Waals surface area (Å²) in [5.74, 6) is 0. The van der Waals surface area contributed by atoms with Crippen molar-refractivity contribution in [2.45, 2.75) is 4.90 Å². The lowest BCUT2D eigenvalue weighted by atomic mass is 10.3. The highest BCUT2D eigenvalue weighted by molar-refractivity contribution is 7.93. The number of nitro benzene ring substituents is 1. The molecule has 0 unspecified atom stereocenters. The van der Waals surface area contributed by atoms with Crippen LogP contribution in [-0.4, -0.2) is 20.4 Å². The molecule has 110 valence electrons. The van der Waals surface area contributed by atoms with Gasteiger partial charge in [0.2, 0.25) is 0 Å². The maximum Gasteiger partial charge on any atom is 0.289 e. The number of nitrogen functional groups attached to an aromatic ring is 1. The second kappa shape index (κ2) is 5.41. The first-order valence-electron chi connectivity index (χ1n) is 5.92. The summed E-state index contributed by atoms with van der Waals surface area (Å²) in [5.41, 5.74) is 5.95. The van der Waals surface area contributed by atoms with Gasteiger partial charge < -0.3 is 5.73 Å². The molecule has 0 aromatic heterocycles. The predicted octanol–water partition coefficient (Wildman–Crippen LogP) is 2.00. The van der Waals surface area contributed by atoms with Crippen LogP contribution >= 0.6 is 0 Å². The average Bonchev–Trinajstić information content (AvgIpc) is 2.47. The molecule has 0 bridgehead atoms. The Morgan fingerprint density at radius 3 is 2.24 bits per heavy atom. The smallest absolute Gasteiger partial charge is 0.289 e. The lowest BCUT2D eigenvalue weighted by Crippen LogP contribution is -2.27. The van der Waals surface area contributed by atoms with Gasteiger partial charge in [0.05, 0.1) is 10.6 Å². The predicted molar refractivity (Wildman–Crippen MR) is 79.5 cm³/mol. The van der Waals surface area contributed by atoms with Crippen molar-refractivity contribution < 1.29 is 13.3 Å². The first-order chi connectivity index (χ1) is 9.84. The van der Waals surface area contributed by atoms with Crippen LogP contribution < -0.4 is 10.0 Å². The van der Waals surface area contributed by atoms with E-state index in [0.29, 0.717) is 11.4 Å². The minimum absolute atomic E-state index is 0.352. The minimum atomic E-state index is -4.03. The molecule has 0 spiro atoms. The number of nitrogens with zero attached hydrogens (tertiary/aromatic N) is 2. The van der Waals surface area contributed by atoms with E-state index in [1.165, 1.54) is 37.4 Å². The molecule has 0 atom stereocenters. The van der Waals surface area contributed by atoms with Crippen LogP contribution in [0.4, 0.5) is 17.1 Å². The van der Waals surface area contributed by atoms with Gasteiger partial charge in [-0.3, -0.25) is 14.4 Å². The van der Waals surface area contributed by atoms with Crippen LogP contribution in [0.15, 0.2) is 53.4 Å². The third-order valence-electron chi connectivity index (χ3n) is 2.96. The van der Waals surface area contributed by atoms with Crippen molar-refractivity contribution >= 4 is 27.1 Å². The number of nitrogens with two attached hydrogens (primary N) is 1. The quantitative estimate of drug-likeness (QED) is 0.528. The number of hydrogen-bond acceptors (Lipinski definition) is 5. The van der Waals surface area contributed by atoms with Gasteiger partial charge in [-0.25, -0.2) is 8.42 Å². The number of anilines is 2. The summed E-state index contributed by atoms with van der Waals surface area (Å²) in [6, 6.07) is 11.4. The monoisotopic (exact) mass is 307 g/mol. The topological polar surface area (TPSA) is 107 Å². The lowest BCUT2D eigenvalue weighted by Gasteiger charge is -2.19. The molecule has 0 saturated heterocycles. The maximum absolute atomic E-state index is 12.5. The third-order valence-corrected chi connectivity index (χ3v) is 4.79. The molecule has 0 aliphatic heterocycles. The molecule has 2 aromatic carbocycles. The standard InChI is InChI=1S/C13H13N3O4S/c1-15(11-8-6-10(14)7-9-11)21(19,20)13-5-3-2-4-12(13)16(17)18/h2-9H,14H2,1H3. The molecule has 0 radical (unpaired) electrons. The molecule has 0 aliphatic carbocycles. The zero-order chi connectivity index (χ0) is 15.6. The van der Waals surface area contributed by atoms with Crippen LogP contribution in [0.25, 0.3) is 0 Å². The van der Waals surface area contributed by atoms with E-state index in [4.69, 9.17) is 5.73 Å². The van der Waals surface area contributed by atoms with E-state index in [2.05, 4.69) is 0 Å². The van der Waals surface area contributed by atoms with E-state index in [1.54, 1.807) is 12.1 Å². The van der Waals surface area contributed by atoms with Crippen LogP contribution in [0, 0.1) is 10.1 Å². The Balaban J connectivity index is 2.52. The Bertz CT molecular complexity index is 772. The molecule has 0 saturated carbocycles. The van der Waals surface area contributed by atoms with Crippen molar-refractivity contribution in [2.24, 2.45) is 0 Å². The summed E-state index contributed by atoms with van der Waals surface area (Å²) in [4.78, 5) is 9.91. The number of hydrogen-bond donors (Lipinski definition) is 1. The number of para-hydroxylation sites is 1. The third kappa shape index (κ3) is 2.79. The van der Waals surface area contributed by atoms with E-state index >= 15 is 0 Å². The first-order valence-corrected chi connectivity index (χ1v) is 7.36. The van der Waals surface area contributed by atoms with Gasteiger partial charge in [0, 0.05) is 18.8 Å². The average molecular weight is 307 g/mol. The van der Waals surface area contributed by atoms with Gasteiger partial charge in [-0.05, 0) is 30.3 Å². The molecule has 0 amide bonds. The van der Waals surface area contributed by atoms with Crippen molar-refractivity contribution in [2.75, 3.05) is 17.1 Å². The van der Waals surface area contributed by atoms with E-state index < -0.39 is 20.6 Å². The first kappa shape index (κ1) is 14.8. The highest BCUT2D eigenvalue weighted by atomic mass is 32.2. The van der Waals surface area contributed by atoms with Gasteiger partial charge in [-0.15, -0.1) is 0 Å². The SMILES string of the molecule is CN(c1ccc(N)cc1)S(=O)(=O)c1ccccc1[N+](=O)[O-]. The number of nitro groups is 1. The molecule has 7 nitrogen and oxygen atoms in total. The van der Waals surface area contributed by atoms with Gasteiger partial charge in [0.1, 0.15) is 0 Å². The van der Waals surface area contributed by atoms with Crippen LogP contribution in [0.5, 0.6) is 0 Å². The van der Waals surface area contributed by atoms with Crippen molar-refractivity contribution in [3.05, 3.63) is 58.6 Å². The Morgan fingerprint density at radius 2 is 1.67 bits per heavy atom. The Kier molecular flexibility index (Phi) is 3.81. The van der Waals surface area contributed by atoms with Crippen LogP contribution in [-0.2, 0) is 10.0 Å². The van der Waals surface area contributed by atoms with Gasteiger partial charge in [0.15, 0.2) is 4.90 Å². The van der Waals surface area contributed by atoms with Crippen LogP contribution in [0.1, 0.15) is 0 Å². The highest BCUT2D eigenvalue weighted by Gasteiger charge is 2.29. The second-order valence-corrected chi connectivity index (χ2v) is 6.23. The molecule has 2 aromatic rings. The van der Waals surface area contributed by atoms with Crippen molar-refractivity contribution in [1.82, 2.24) is 0 Å². The largest absolute Gasteiger partial charge is 0.399 e. The van der Waals surface area contributed by atoms with Gasteiger partial charge in [0.25, 0.3) is 15.7 Å². The van der Waals surface area contributed by atoms with Gasteiger partial charge >= 0.3 is 0 Å². The molecule has 21 heavy (non-hydrogen) atoms.